The van der Waals surface area contributed by atoms with Gasteiger partial charge in [-0.3, -0.25) is 4.79 Å². The molecule has 0 aromatic carbocycles. The number of carbonyl (C=O) groups is 1. The molecule has 0 saturated carbocycles. The Morgan fingerprint density at radius 3 is 2.07 bits per heavy atom. The molecule has 14 heteroatoms. The van der Waals surface area contributed by atoms with Crippen LogP contribution in [-0.4, -0.2) is 154 Å². The second-order valence-electron chi connectivity index (χ2n) is 19.5. The number of methoxy groups -OCH3 is 1. The minimum Gasteiger partial charge on any atom is -0.459 e. The molecule has 3 rings (SSSR count). The summed E-state index contributed by atoms with van der Waals surface area (Å²) in [6.45, 7) is 20.7. The van der Waals surface area contributed by atoms with Crippen molar-refractivity contribution < 1.29 is 58.7 Å². The number of esters is 1. The Morgan fingerprint density at radius 1 is 0.847 bits per heavy atom. The van der Waals surface area contributed by atoms with Crippen molar-refractivity contribution in [3.05, 3.63) is 0 Å². The molecule has 3 fully saturated rings. The molecule has 0 spiro atoms. The van der Waals surface area contributed by atoms with Gasteiger partial charge in [0.25, 0.3) is 0 Å². The number of nitrogens with zero attached hydrogens (tertiary/aromatic N) is 1. The summed E-state index contributed by atoms with van der Waals surface area (Å²) in [5.41, 5.74) is -4.47. The zero-order chi connectivity index (χ0) is 44.6. The van der Waals surface area contributed by atoms with Crippen LogP contribution in [0.15, 0.2) is 0 Å². The molecule has 3 aliphatic heterocycles. The van der Waals surface area contributed by atoms with E-state index in [1.165, 1.54) is 33.3 Å². The molecule has 3 aliphatic rings. The lowest BCUT2D eigenvalue weighted by molar-refractivity contribution is -0.318. The molecule has 14 nitrogen and oxygen atoms in total. The van der Waals surface area contributed by atoms with Gasteiger partial charge in [-0.05, 0) is 93.8 Å². The van der Waals surface area contributed by atoms with Gasteiger partial charge in [0.2, 0.25) is 0 Å². The Balaban J connectivity index is 2.17. The van der Waals surface area contributed by atoms with Crippen LogP contribution >= 0.6 is 0 Å². The van der Waals surface area contributed by atoms with Gasteiger partial charge in [-0.2, -0.15) is 0 Å². The predicted molar refractivity (Wildman–Crippen MR) is 226 cm³/mol. The highest BCUT2D eigenvalue weighted by atomic mass is 16.7. The van der Waals surface area contributed by atoms with E-state index in [9.17, 15) is 30.3 Å². The van der Waals surface area contributed by atoms with Crippen molar-refractivity contribution in [1.82, 2.24) is 10.2 Å². The number of carbonyl (C=O) groups excluding carboxylic acids is 1. The number of aliphatic hydroxyl groups is 5. The summed E-state index contributed by atoms with van der Waals surface area (Å²) in [7, 11) is 5.31. The number of hydrogen-bond donors (Lipinski definition) is 6. The number of hydrogen-bond acceptors (Lipinski definition) is 14. The summed E-state index contributed by atoms with van der Waals surface area (Å²) in [5, 5.41) is 63.4. The van der Waals surface area contributed by atoms with Crippen LogP contribution in [0.5, 0.6) is 0 Å². The van der Waals surface area contributed by atoms with Crippen molar-refractivity contribution in [1.29, 1.82) is 0 Å². The smallest absolute Gasteiger partial charge is 0.311 e. The van der Waals surface area contributed by atoms with E-state index >= 15 is 0 Å². The molecule has 3 heterocycles. The van der Waals surface area contributed by atoms with Gasteiger partial charge in [0.15, 0.2) is 12.6 Å². The summed E-state index contributed by atoms with van der Waals surface area (Å²) in [6.07, 6.45) is -1.68. The number of likely N-dealkylation sites (N-methyl/N-ethyl adjacent to an activating group) is 1. The van der Waals surface area contributed by atoms with Crippen LogP contribution in [0.4, 0.5) is 0 Å². The third kappa shape index (κ3) is 13.0. The minimum absolute atomic E-state index is 0.133. The number of aliphatic hydroxyl groups excluding tert-OH is 3. The lowest BCUT2D eigenvalue weighted by Crippen LogP contribution is -2.62. The number of unbranched alkanes of at least 4 members (excludes halogenated alkanes) is 5. The van der Waals surface area contributed by atoms with Crippen LogP contribution in [0.2, 0.25) is 0 Å². The molecular weight excluding hydrogens is 760 g/mol. The van der Waals surface area contributed by atoms with Gasteiger partial charge in [0, 0.05) is 37.5 Å². The molecule has 348 valence electrons. The average molecular weight is 847 g/mol. The van der Waals surface area contributed by atoms with Crippen molar-refractivity contribution in [3.63, 3.8) is 0 Å². The Hall–Kier alpha value is -1.01. The molecule has 59 heavy (non-hydrogen) atoms. The maximum atomic E-state index is 14.4. The minimum atomic E-state index is -1.82. The number of rotatable bonds is 15. The van der Waals surface area contributed by atoms with E-state index in [-0.39, 0.29) is 43.4 Å². The van der Waals surface area contributed by atoms with Crippen molar-refractivity contribution in [2.75, 3.05) is 27.7 Å². The second kappa shape index (κ2) is 22.6. The zero-order valence-corrected chi connectivity index (χ0v) is 39.1. The summed E-state index contributed by atoms with van der Waals surface area (Å²) >= 11 is 0. The first-order valence-corrected chi connectivity index (χ1v) is 22.7. The molecule has 3 saturated heterocycles. The third-order valence-corrected chi connectivity index (χ3v) is 14.0. The topological polar surface area (TPSA) is 189 Å². The molecule has 0 amide bonds. The zero-order valence-electron chi connectivity index (χ0n) is 39.1. The molecule has 0 aliphatic carbocycles. The van der Waals surface area contributed by atoms with E-state index in [1.54, 1.807) is 34.6 Å². The van der Waals surface area contributed by atoms with E-state index in [4.69, 9.17) is 28.4 Å². The van der Waals surface area contributed by atoms with Crippen LogP contribution < -0.4 is 5.32 Å². The largest absolute Gasteiger partial charge is 0.459 e. The summed E-state index contributed by atoms with van der Waals surface area (Å²) in [5.74, 6) is -3.25. The van der Waals surface area contributed by atoms with Crippen LogP contribution in [0, 0.1) is 23.7 Å². The summed E-state index contributed by atoms with van der Waals surface area (Å²) < 4.78 is 38.0. The van der Waals surface area contributed by atoms with Crippen molar-refractivity contribution in [3.8, 4) is 0 Å². The molecular formula is C45H86N2O12. The fourth-order valence-corrected chi connectivity index (χ4v) is 10.2. The monoisotopic (exact) mass is 847 g/mol. The molecule has 0 bridgehead atoms. The molecule has 0 aromatic heterocycles. The standard InChI is InChI=1S/C45H86N2O12/c1-15-17-18-19-20-21-22-46-35-26(3)24-43(9,52)40(59-42-36(48)32(47(12)13)23-27(4)55-42)29(6)37(58-34-25-44(10,54-14)39(50)31(8)56-34)30(7)41(51)57-33(16-2)45(11,53)38(49)28(35)5/h26-40,42,46,48-50,52-53H,15-25H2,1-14H3/t26-,27-,28+,29+,30-,31+,32+,33-,34+,35?,36-,37+,38-,39+,40?,42+,43-,44-,45-/m1/s1. The first-order valence-electron chi connectivity index (χ1n) is 22.7. The summed E-state index contributed by atoms with van der Waals surface area (Å²) in [4.78, 5) is 16.3. The van der Waals surface area contributed by atoms with Gasteiger partial charge < -0.3 is 64.2 Å². The van der Waals surface area contributed by atoms with E-state index < -0.39 is 95.8 Å². The average Bonchev–Trinajstić information content (AvgIpc) is 3.17. The predicted octanol–water partition coefficient (Wildman–Crippen LogP) is 4.54. The molecule has 2 unspecified atom stereocenters. The van der Waals surface area contributed by atoms with Crippen LogP contribution in [0.25, 0.3) is 0 Å². The molecule has 6 N–H and O–H groups in total. The highest BCUT2D eigenvalue weighted by Crippen LogP contribution is 2.41. The first kappa shape index (κ1) is 52.3. The van der Waals surface area contributed by atoms with E-state index in [0.29, 0.717) is 13.0 Å². The highest BCUT2D eigenvalue weighted by Gasteiger charge is 2.53. The second-order valence-corrected chi connectivity index (χ2v) is 19.5. The summed E-state index contributed by atoms with van der Waals surface area (Å²) in [6, 6.07) is -0.657. The maximum Gasteiger partial charge on any atom is 0.311 e. The molecule has 0 radical (unpaired) electrons. The molecule has 19 atom stereocenters. The third-order valence-electron chi connectivity index (χ3n) is 14.0. The number of cyclic esters (lactones) is 1. The number of nitrogens with one attached hydrogen (secondary N) is 1. The van der Waals surface area contributed by atoms with E-state index in [0.717, 1.165) is 19.3 Å². The fourth-order valence-electron chi connectivity index (χ4n) is 10.2. The maximum absolute atomic E-state index is 14.4. The highest BCUT2D eigenvalue weighted by molar-refractivity contribution is 5.73. The van der Waals surface area contributed by atoms with Crippen LogP contribution in [0.3, 0.4) is 0 Å². The fraction of sp³-hybridized carbons (Fsp3) is 0.978. The van der Waals surface area contributed by atoms with Gasteiger partial charge >= 0.3 is 5.97 Å². The van der Waals surface area contributed by atoms with Gasteiger partial charge in [0.1, 0.15) is 23.9 Å². The lowest BCUT2D eigenvalue weighted by atomic mass is 9.72. The Morgan fingerprint density at radius 2 is 1.47 bits per heavy atom. The van der Waals surface area contributed by atoms with Gasteiger partial charge in [-0.1, -0.05) is 66.7 Å². The Labute approximate surface area is 356 Å². The molecule has 0 aromatic rings. The van der Waals surface area contributed by atoms with Gasteiger partial charge in [-0.25, -0.2) is 0 Å². The van der Waals surface area contributed by atoms with Crippen molar-refractivity contribution >= 4 is 5.97 Å². The normalized spacial score (nSPS) is 45.9. The SMILES string of the molecule is CCCCCCCCNC1[C@H](C)C[C@@](C)(O)C(O[C@@H]2O[C@H](C)C[C@H](N(C)C)[C@H]2O)[C@@H](C)[C@H](O[C@H]2C[C@@](C)(OC)[C@@H](O)[C@H](C)O2)[C@@H](C)C(=O)O[C@H](CC)[C@@](C)(O)[C@H](O)[C@H]1C. The van der Waals surface area contributed by atoms with Crippen LogP contribution in [0.1, 0.15) is 140 Å². The van der Waals surface area contributed by atoms with E-state index in [2.05, 4.69) is 12.2 Å². The van der Waals surface area contributed by atoms with Crippen LogP contribution in [-0.2, 0) is 33.2 Å². The van der Waals surface area contributed by atoms with Gasteiger partial charge in [0.05, 0.1) is 47.6 Å². The first-order chi connectivity index (χ1) is 27.5. The quantitative estimate of drug-likeness (QED) is 0.0997. The number of ether oxygens (including phenoxy) is 6. The van der Waals surface area contributed by atoms with E-state index in [1.807, 2.05) is 46.7 Å². The van der Waals surface area contributed by atoms with Crippen molar-refractivity contribution in [2.45, 2.75) is 231 Å². The lowest BCUT2D eigenvalue weighted by Gasteiger charge is -2.49. The Bertz CT molecular complexity index is 1260. The van der Waals surface area contributed by atoms with Gasteiger partial charge in [-0.15, -0.1) is 0 Å². The Kier molecular flexibility index (Phi) is 20.0. The van der Waals surface area contributed by atoms with Crippen molar-refractivity contribution in [2.24, 2.45) is 23.7 Å².